The number of carbonyl (C=O) groups is 2. The Hall–Kier alpha value is -2.36. The Morgan fingerprint density at radius 1 is 1.04 bits per heavy atom. The van der Waals surface area contributed by atoms with Crippen LogP contribution in [0.2, 0.25) is 0 Å². The lowest BCUT2D eigenvalue weighted by molar-refractivity contribution is -0.313. The van der Waals surface area contributed by atoms with Crippen LogP contribution in [-0.4, -0.2) is 11.9 Å². The first-order valence-electron chi connectivity index (χ1n) is 8.26. The molecule has 1 saturated carbocycles. The van der Waals surface area contributed by atoms with E-state index < -0.39 is 17.8 Å². The van der Waals surface area contributed by atoms with Crippen molar-refractivity contribution in [2.75, 3.05) is 5.32 Å². The molecule has 2 aliphatic rings. The number of hydrogen-bond donors (Lipinski definition) is 1. The number of anilines is 1. The Kier molecular flexibility index (Phi) is 4.08. The molecule has 1 N–H and O–H groups in total. The number of aliphatic carboxylic acids is 1. The zero-order valence-electron chi connectivity index (χ0n) is 14.4. The molecule has 0 aromatic heterocycles. The molecule has 126 valence electrons. The average Bonchev–Trinajstić information content (AvgIpc) is 3.06. The predicted molar refractivity (Wildman–Crippen MR) is 91.0 cm³/mol. The van der Waals surface area contributed by atoms with E-state index in [1.165, 1.54) is 0 Å². The summed E-state index contributed by atoms with van der Waals surface area (Å²) in [5, 5.41) is 14.6. The van der Waals surface area contributed by atoms with Crippen molar-refractivity contribution in [1.29, 1.82) is 0 Å². The Morgan fingerprint density at radius 3 is 2.25 bits per heavy atom. The second-order valence-corrected chi connectivity index (χ2v) is 7.07. The summed E-state index contributed by atoms with van der Waals surface area (Å²) in [6.07, 6.45) is 3.88. The lowest BCUT2D eigenvalue weighted by Gasteiger charge is -2.27. The summed E-state index contributed by atoms with van der Waals surface area (Å²) in [6, 6.07) is 5.84. The maximum Gasteiger partial charge on any atom is 0.229 e. The summed E-state index contributed by atoms with van der Waals surface area (Å²) >= 11 is 0. The molecule has 1 aromatic carbocycles. The highest BCUT2D eigenvalue weighted by Crippen LogP contribution is 2.53. The highest BCUT2D eigenvalue weighted by molar-refractivity contribution is 5.97. The normalized spacial score (nSPS) is 27.4. The van der Waals surface area contributed by atoms with E-state index in [2.05, 4.69) is 5.32 Å². The van der Waals surface area contributed by atoms with Crippen molar-refractivity contribution in [3.8, 4) is 0 Å². The van der Waals surface area contributed by atoms with Crippen molar-refractivity contribution in [2.24, 2.45) is 23.7 Å². The standard InChI is InChI=1S/C20H23NO3/c1-10(2)16-13-7-8-14(16)18(20(23)24)17(13)19(22)21-15-9-11(3)5-6-12(15)4/h5-9,13-14,17-18H,1-4H3,(H,21,22)(H,23,24)/p-1/t13-,14-,17-,18+/m1/s1. The van der Waals surface area contributed by atoms with Gasteiger partial charge in [-0.1, -0.05) is 35.4 Å². The summed E-state index contributed by atoms with van der Waals surface area (Å²) in [4.78, 5) is 24.6. The van der Waals surface area contributed by atoms with Gasteiger partial charge in [-0.15, -0.1) is 0 Å². The van der Waals surface area contributed by atoms with E-state index in [0.29, 0.717) is 0 Å². The first-order valence-corrected chi connectivity index (χ1v) is 8.26. The molecule has 2 bridgehead atoms. The topological polar surface area (TPSA) is 69.2 Å². The van der Waals surface area contributed by atoms with Gasteiger partial charge in [0.1, 0.15) is 0 Å². The Bertz CT molecular complexity index is 771. The number of aryl methyl sites for hydroxylation is 2. The summed E-state index contributed by atoms with van der Waals surface area (Å²) in [5.41, 5.74) is 4.89. The molecule has 4 nitrogen and oxygen atoms in total. The molecular formula is C20H22NO3-. The highest BCUT2D eigenvalue weighted by atomic mass is 16.4. The zero-order valence-corrected chi connectivity index (χ0v) is 14.4. The van der Waals surface area contributed by atoms with Gasteiger partial charge in [0.15, 0.2) is 0 Å². The molecule has 3 rings (SSSR count). The maximum atomic E-state index is 12.9. The molecule has 1 fully saturated rings. The fourth-order valence-corrected chi connectivity index (χ4v) is 4.11. The third kappa shape index (κ3) is 2.56. The number of hydrogen-bond acceptors (Lipinski definition) is 3. The Labute approximate surface area is 142 Å². The van der Waals surface area contributed by atoms with Gasteiger partial charge in [-0.2, -0.15) is 0 Å². The van der Waals surface area contributed by atoms with E-state index >= 15 is 0 Å². The molecule has 0 radical (unpaired) electrons. The van der Waals surface area contributed by atoms with Crippen LogP contribution in [0.3, 0.4) is 0 Å². The van der Waals surface area contributed by atoms with Crippen LogP contribution in [0.4, 0.5) is 5.69 Å². The largest absolute Gasteiger partial charge is 0.550 e. The number of fused-ring (bicyclic) bond motifs is 2. The van der Waals surface area contributed by atoms with Gasteiger partial charge in [-0.25, -0.2) is 0 Å². The molecule has 0 spiro atoms. The smallest absolute Gasteiger partial charge is 0.229 e. The molecular weight excluding hydrogens is 302 g/mol. The van der Waals surface area contributed by atoms with Crippen molar-refractivity contribution in [3.63, 3.8) is 0 Å². The summed E-state index contributed by atoms with van der Waals surface area (Å²) in [5.74, 6) is -3.17. The molecule has 4 heteroatoms. The molecule has 0 aliphatic heterocycles. The van der Waals surface area contributed by atoms with Crippen LogP contribution in [0.15, 0.2) is 41.5 Å². The number of allylic oxidation sites excluding steroid dienone is 4. The first kappa shape index (κ1) is 16.5. The van der Waals surface area contributed by atoms with E-state index in [-0.39, 0.29) is 17.7 Å². The SMILES string of the molecule is CC(C)=C1[C@H]2C=C[C@H]1[C@@H](C(=O)Nc1cc(C)ccc1C)[C@H]2C(=O)[O-]. The van der Waals surface area contributed by atoms with Crippen molar-refractivity contribution < 1.29 is 14.7 Å². The minimum absolute atomic E-state index is 0.145. The van der Waals surface area contributed by atoms with Gasteiger partial charge in [0.2, 0.25) is 5.91 Å². The first-order chi connectivity index (χ1) is 11.3. The zero-order chi connectivity index (χ0) is 17.6. The van der Waals surface area contributed by atoms with Gasteiger partial charge in [-0.3, -0.25) is 4.79 Å². The van der Waals surface area contributed by atoms with Gasteiger partial charge in [0.05, 0.1) is 5.92 Å². The van der Waals surface area contributed by atoms with Crippen molar-refractivity contribution in [1.82, 2.24) is 0 Å². The third-order valence-electron chi connectivity index (χ3n) is 5.21. The van der Waals surface area contributed by atoms with Crippen molar-refractivity contribution in [2.45, 2.75) is 27.7 Å². The monoisotopic (exact) mass is 324 g/mol. The van der Waals surface area contributed by atoms with Crippen LogP contribution in [0.25, 0.3) is 0 Å². The molecule has 0 heterocycles. The fourth-order valence-electron chi connectivity index (χ4n) is 4.11. The number of benzene rings is 1. The molecule has 0 unspecified atom stereocenters. The lowest BCUT2D eigenvalue weighted by atomic mass is 9.82. The third-order valence-corrected chi connectivity index (χ3v) is 5.21. The molecule has 1 amide bonds. The van der Waals surface area contributed by atoms with Crippen LogP contribution < -0.4 is 10.4 Å². The maximum absolute atomic E-state index is 12.9. The van der Waals surface area contributed by atoms with Crippen molar-refractivity contribution >= 4 is 17.6 Å². The number of carboxylic acid groups (broad SMARTS) is 1. The number of carbonyl (C=O) groups excluding carboxylic acids is 2. The molecule has 1 aromatic rings. The summed E-state index contributed by atoms with van der Waals surface area (Å²) < 4.78 is 0. The van der Waals surface area contributed by atoms with Crippen LogP contribution in [-0.2, 0) is 9.59 Å². The van der Waals surface area contributed by atoms with E-state index in [0.717, 1.165) is 28.0 Å². The lowest BCUT2D eigenvalue weighted by Crippen LogP contribution is -2.42. The van der Waals surface area contributed by atoms with Crippen LogP contribution in [0, 0.1) is 37.5 Å². The van der Waals surface area contributed by atoms with Crippen molar-refractivity contribution in [3.05, 3.63) is 52.6 Å². The van der Waals surface area contributed by atoms with E-state index in [4.69, 9.17) is 0 Å². The number of rotatable bonds is 3. The highest BCUT2D eigenvalue weighted by Gasteiger charge is 2.52. The summed E-state index contributed by atoms with van der Waals surface area (Å²) in [6.45, 7) is 7.83. The minimum atomic E-state index is -1.15. The van der Waals surface area contributed by atoms with Gasteiger partial charge in [0, 0.05) is 29.4 Å². The Balaban J connectivity index is 1.94. The summed E-state index contributed by atoms with van der Waals surface area (Å²) in [7, 11) is 0. The van der Waals surface area contributed by atoms with Gasteiger partial charge >= 0.3 is 0 Å². The minimum Gasteiger partial charge on any atom is -0.550 e. The van der Waals surface area contributed by atoms with E-state index in [9.17, 15) is 14.7 Å². The second-order valence-electron chi connectivity index (χ2n) is 7.07. The molecule has 24 heavy (non-hydrogen) atoms. The molecule has 0 saturated heterocycles. The van der Waals surface area contributed by atoms with E-state index in [1.807, 2.05) is 58.0 Å². The van der Waals surface area contributed by atoms with E-state index in [1.54, 1.807) is 0 Å². The van der Waals surface area contributed by atoms with Gasteiger partial charge in [-0.05, 0) is 44.9 Å². The number of nitrogens with one attached hydrogen (secondary N) is 1. The quantitative estimate of drug-likeness (QED) is 0.868. The van der Waals surface area contributed by atoms with Crippen LogP contribution in [0.1, 0.15) is 25.0 Å². The molecule has 2 aliphatic carbocycles. The van der Waals surface area contributed by atoms with Gasteiger partial charge in [0.25, 0.3) is 0 Å². The Morgan fingerprint density at radius 2 is 1.67 bits per heavy atom. The number of carboxylic acids is 1. The molecule has 4 atom stereocenters. The fraction of sp³-hybridized carbons (Fsp3) is 0.400. The van der Waals surface area contributed by atoms with Crippen LogP contribution in [0.5, 0.6) is 0 Å². The number of amides is 1. The average molecular weight is 324 g/mol. The second kappa shape index (κ2) is 5.93. The van der Waals surface area contributed by atoms with Gasteiger partial charge < -0.3 is 15.2 Å². The van der Waals surface area contributed by atoms with Crippen LogP contribution >= 0.6 is 0 Å². The predicted octanol–water partition coefficient (Wildman–Crippen LogP) is 2.38.